The number of ether oxygens (including phenoxy) is 2. The highest BCUT2D eigenvalue weighted by Crippen LogP contribution is 2.27. The number of carbonyl (C=O) groups is 3. The lowest BCUT2D eigenvalue weighted by Crippen LogP contribution is -2.11. The van der Waals surface area contributed by atoms with E-state index < -0.39 is 98.3 Å². The van der Waals surface area contributed by atoms with Crippen LogP contribution < -0.4 is 9.47 Å². The molecule has 5 aromatic rings. The molecular formula is C35H26N6O20. The number of phenols is 2. The lowest BCUT2D eigenvalue weighted by Gasteiger charge is -2.07. The Morgan fingerprint density at radius 1 is 0.410 bits per heavy atom. The van der Waals surface area contributed by atoms with Crippen molar-refractivity contribution in [3.63, 3.8) is 0 Å². The summed E-state index contributed by atoms with van der Waals surface area (Å²) in [4.78, 5) is 94.3. The van der Waals surface area contributed by atoms with Crippen LogP contribution in [0.1, 0.15) is 44.9 Å². The minimum absolute atomic E-state index is 0.125. The summed E-state index contributed by atoms with van der Waals surface area (Å²) in [7, 11) is 0. The fourth-order valence-electron chi connectivity index (χ4n) is 4.14. The maximum atomic E-state index is 12.3. The number of carbonyl (C=O) groups excluding carboxylic acids is 2. The van der Waals surface area contributed by atoms with E-state index in [0.29, 0.717) is 18.2 Å². The number of hydrogen-bond acceptors (Lipinski definition) is 19. The number of nitro benzene ring substituents is 6. The van der Waals surface area contributed by atoms with Gasteiger partial charge in [0.15, 0.2) is 0 Å². The largest absolute Gasteiger partial charge is 0.508 e. The Kier molecular flexibility index (Phi) is 17.0. The fraction of sp³-hybridized carbons (Fsp3) is 0.0571. The molecule has 26 nitrogen and oxygen atoms in total. The molecule has 5 aromatic carbocycles. The Bertz CT molecular complexity index is 2240. The van der Waals surface area contributed by atoms with E-state index in [-0.39, 0.29) is 23.0 Å². The van der Waals surface area contributed by atoms with Crippen molar-refractivity contribution in [2.24, 2.45) is 0 Å². The molecule has 0 aliphatic rings. The standard InChI is InChI=1S/C20H10N4O12.C7H4N2O6.C6H6O2.C2H6/c25-19(11-5-13(21(27)28)9-14(6-11)22(29)30)35-17-1-2-18(4-3-17)36-20(26)12-7-15(23(31)32)10-16(8-12)24(33)34;10-7(11)4-1-5(8(12)13)3-6(2-4)9(14)15;7-5-1-2-6(8)4-3-5;1-2/h1-10H;1-3H,(H,10,11);1-4,7-8H;1-2H3. The zero-order valence-electron chi connectivity index (χ0n) is 30.8. The molecule has 61 heavy (non-hydrogen) atoms. The second-order valence-electron chi connectivity index (χ2n) is 10.8. The van der Waals surface area contributed by atoms with E-state index >= 15 is 0 Å². The quantitative estimate of drug-likeness (QED) is 0.0392. The van der Waals surface area contributed by atoms with Gasteiger partial charge in [0.05, 0.1) is 64.4 Å². The summed E-state index contributed by atoms with van der Waals surface area (Å²) in [6, 6.07) is 17.1. The molecule has 0 saturated carbocycles. The van der Waals surface area contributed by atoms with E-state index in [1.807, 2.05) is 13.8 Å². The first-order valence-corrected chi connectivity index (χ1v) is 16.2. The van der Waals surface area contributed by atoms with E-state index in [0.717, 1.165) is 60.7 Å². The molecule has 5 rings (SSSR count). The number of nitro groups is 6. The van der Waals surface area contributed by atoms with Gasteiger partial charge in [-0.2, -0.15) is 0 Å². The van der Waals surface area contributed by atoms with Gasteiger partial charge in [0, 0.05) is 36.4 Å². The minimum Gasteiger partial charge on any atom is -0.508 e. The fourth-order valence-corrected chi connectivity index (χ4v) is 4.14. The van der Waals surface area contributed by atoms with Gasteiger partial charge in [-0.3, -0.25) is 60.7 Å². The minimum atomic E-state index is -1.46. The van der Waals surface area contributed by atoms with Gasteiger partial charge in [-0.1, -0.05) is 13.8 Å². The third kappa shape index (κ3) is 14.5. The number of carboxylic acids is 1. The van der Waals surface area contributed by atoms with Gasteiger partial charge in [-0.15, -0.1) is 0 Å². The summed E-state index contributed by atoms with van der Waals surface area (Å²) in [6.07, 6.45) is 0. The van der Waals surface area contributed by atoms with Crippen LogP contribution in [0.3, 0.4) is 0 Å². The smallest absolute Gasteiger partial charge is 0.344 e. The SMILES string of the molecule is CC.O=C(O)c1cc([N+](=O)[O-])cc([N+](=O)[O-])c1.O=C(Oc1ccc(OC(=O)c2cc([N+](=O)[O-])cc([N+](=O)[O-])c2)cc1)c1cc([N+](=O)[O-])cc([N+](=O)[O-])c1.Oc1ccc(O)cc1. The van der Waals surface area contributed by atoms with Gasteiger partial charge >= 0.3 is 17.9 Å². The van der Waals surface area contributed by atoms with Crippen LogP contribution in [0.4, 0.5) is 34.1 Å². The third-order valence-corrected chi connectivity index (χ3v) is 6.79. The van der Waals surface area contributed by atoms with Crippen molar-refractivity contribution in [2.45, 2.75) is 13.8 Å². The zero-order chi connectivity index (χ0) is 46.1. The molecule has 0 aliphatic heterocycles. The monoisotopic (exact) mass is 850 g/mol. The predicted octanol–water partition coefficient (Wildman–Crippen LogP) is 7.08. The number of hydrogen-bond donors (Lipinski definition) is 3. The number of non-ortho nitro benzene ring substituents is 6. The van der Waals surface area contributed by atoms with Crippen molar-refractivity contribution < 1.29 is 68.7 Å². The van der Waals surface area contributed by atoms with E-state index in [1.165, 1.54) is 24.3 Å². The van der Waals surface area contributed by atoms with Crippen LogP contribution in [-0.2, 0) is 0 Å². The maximum Gasteiger partial charge on any atom is 0.344 e. The van der Waals surface area contributed by atoms with Crippen LogP contribution in [0.2, 0.25) is 0 Å². The van der Waals surface area contributed by atoms with Crippen LogP contribution in [0, 0.1) is 60.7 Å². The average Bonchev–Trinajstić information content (AvgIpc) is 3.23. The van der Waals surface area contributed by atoms with Gasteiger partial charge in [0.25, 0.3) is 34.1 Å². The van der Waals surface area contributed by atoms with Crippen molar-refractivity contribution in [3.05, 3.63) is 181 Å². The lowest BCUT2D eigenvalue weighted by molar-refractivity contribution is -0.394. The van der Waals surface area contributed by atoms with Crippen molar-refractivity contribution in [1.29, 1.82) is 0 Å². The summed E-state index contributed by atoms with van der Waals surface area (Å²) in [5.41, 5.74) is -5.43. The Morgan fingerprint density at radius 2 is 0.623 bits per heavy atom. The highest BCUT2D eigenvalue weighted by molar-refractivity contribution is 5.93. The third-order valence-electron chi connectivity index (χ3n) is 6.79. The predicted molar refractivity (Wildman–Crippen MR) is 204 cm³/mol. The second kappa shape index (κ2) is 21.7. The Hall–Kier alpha value is -9.49. The molecule has 0 heterocycles. The summed E-state index contributed by atoms with van der Waals surface area (Å²) in [5.74, 6) is -3.65. The van der Waals surface area contributed by atoms with Crippen LogP contribution >= 0.6 is 0 Å². The van der Waals surface area contributed by atoms with Gasteiger partial charge in [-0.05, 0) is 48.5 Å². The molecule has 316 valence electrons. The maximum absolute atomic E-state index is 12.3. The van der Waals surface area contributed by atoms with Crippen LogP contribution in [0.25, 0.3) is 0 Å². The Morgan fingerprint density at radius 3 is 0.820 bits per heavy atom. The summed E-state index contributed by atoms with van der Waals surface area (Å²) in [5, 5.41) is 90.4. The number of phenolic OH excluding ortho intramolecular Hbond substituents is 2. The van der Waals surface area contributed by atoms with Crippen molar-refractivity contribution >= 4 is 52.0 Å². The van der Waals surface area contributed by atoms with Gasteiger partial charge in [-0.25, -0.2) is 14.4 Å². The molecule has 0 saturated heterocycles. The van der Waals surface area contributed by atoms with Gasteiger partial charge in [0.1, 0.15) is 23.0 Å². The highest BCUT2D eigenvalue weighted by atomic mass is 16.6. The van der Waals surface area contributed by atoms with Gasteiger partial charge < -0.3 is 24.8 Å². The summed E-state index contributed by atoms with van der Waals surface area (Å²) >= 11 is 0. The first-order chi connectivity index (χ1) is 28.6. The van der Waals surface area contributed by atoms with E-state index in [2.05, 4.69) is 0 Å². The van der Waals surface area contributed by atoms with Crippen molar-refractivity contribution in [3.8, 4) is 23.0 Å². The molecule has 0 fully saturated rings. The molecule has 0 atom stereocenters. The molecule has 0 aromatic heterocycles. The van der Waals surface area contributed by atoms with E-state index in [4.69, 9.17) is 24.8 Å². The molecular weight excluding hydrogens is 824 g/mol. The lowest BCUT2D eigenvalue weighted by atomic mass is 10.1. The molecule has 0 amide bonds. The summed E-state index contributed by atoms with van der Waals surface area (Å²) < 4.78 is 10.0. The zero-order valence-corrected chi connectivity index (χ0v) is 30.8. The second-order valence-corrected chi connectivity index (χ2v) is 10.8. The molecule has 0 bridgehead atoms. The van der Waals surface area contributed by atoms with Gasteiger partial charge in [0.2, 0.25) is 0 Å². The van der Waals surface area contributed by atoms with Crippen LogP contribution in [0.5, 0.6) is 23.0 Å². The number of aromatic hydroxyl groups is 2. The number of aromatic carboxylic acids is 1. The number of esters is 2. The van der Waals surface area contributed by atoms with Crippen LogP contribution in [0.15, 0.2) is 103 Å². The van der Waals surface area contributed by atoms with Crippen LogP contribution in [-0.4, -0.2) is 62.8 Å². The number of carboxylic acid groups (broad SMARTS) is 1. The molecule has 0 spiro atoms. The summed E-state index contributed by atoms with van der Waals surface area (Å²) in [6.45, 7) is 4.00. The van der Waals surface area contributed by atoms with Crippen molar-refractivity contribution in [1.82, 2.24) is 0 Å². The molecule has 26 heteroatoms. The Labute approximate surface area is 338 Å². The molecule has 3 N–H and O–H groups in total. The first kappa shape index (κ1) is 47.7. The first-order valence-electron chi connectivity index (χ1n) is 16.2. The normalized spacial score (nSPS) is 9.67. The van der Waals surface area contributed by atoms with Crippen molar-refractivity contribution in [2.75, 3.05) is 0 Å². The number of rotatable bonds is 11. The van der Waals surface area contributed by atoms with E-state index in [1.54, 1.807) is 0 Å². The average molecular weight is 851 g/mol. The topological polar surface area (TPSA) is 389 Å². The number of benzene rings is 5. The molecule has 0 radical (unpaired) electrons. The number of nitrogens with zero attached hydrogens (tertiary/aromatic N) is 6. The highest BCUT2D eigenvalue weighted by Gasteiger charge is 2.23. The Balaban J connectivity index is 0.000000416. The van der Waals surface area contributed by atoms with E-state index in [9.17, 15) is 75.1 Å². The molecule has 0 unspecified atom stereocenters. The molecule has 0 aliphatic carbocycles.